The molecule has 0 saturated heterocycles. The van der Waals surface area contributed by atoms with Crippen molar-refractivity contribution < 1.29 is 4.74 Å². The molecular weight excluding hydrogens is 238 g/mol. The fourth-order valence-electron chi connectivity index (χ4n) is 2.21. The highest BCUT2D eigenvalue weighted by Crippen LogP contribution is 2.26. The summed E-state index contributed by atoms with van der Waals surface area (Å²) in [5, 5.41) is 0. The van der Waals surface area contributed by atoms with Gasteiger partial charge in [-0.05, 0) is 31.5 Å². The second-order valence-electron chi connectivity index (χ2n) is 4.64. The number of ether oxygens (including phenoxy) is 1. The van der Waals surface area contributed by atoms with Crippen molar-refractivity contribution in [2.45, 2.75) is 26.3 Å². The lowest BCUT2D eigenvalue weighted by molar-refractivity contribution is 0.406. The SMILES string of the molecule is COc1c(C)cnc(CC(N)c2ccncc2)c1C. The van der Waals surface area contributed by atoms with Gasteiger partial charge in [0.1, 0.15) is 5.75 Å². The van der Waals surface area contributed by atoms with Gasteiger partial charge in [-0.15, -0.1) is 0 Å². The monoisotopic (exact) mass is 257 g/mol. The van der Waals surface area contributed by atoms with Crippen LogP contribution < -0.4 is 10.5 Å². The molecule has 100 valence electrons. The van der Waals surface area contributed by atoms with Crippen LogP contribution in [-0.2, 0) is 6.42 Å². The standard InChI is InChI=1S/C15H19N3O/c1-10-9-18-14(11(2)15(10)19-3)8-13(16)12-4-6-17-7-5-12/h4-7,9,13H,8,16H2,1-3H3. The minimum absolute atomic E-state index is 0.0818. The summed E-state index contributed by atoms with van der Waals surface area (Å²) in [6, 6.07) is 3.79. The minimum Gasteiger partial charge on any atom is -0.496 e. The van der Waals surface area contributed by atoms with Crippen molar-refractivity contribution in [3.8, 4) is 5.75 Å². The molecule has 2 heterocycles. The average molecular weight is 257 g/mol. The number of hydrogen-bond acceptors (Lipinski definition) is 4. The van der Waals surface area contributed by atoms with Crippen LogP contribution in [0, 0.1) is 13.8 Å². The maximum atomic E-state index is 6.22. The maximum absolute atomic E-state index is 6.22. The number of rotatable bonds is 4. The minimum atomic E-state index is -0.0818. The lowest BCUT2D eigenvalue weighted by Gasteiger charge is -2.16. The number of methoxy groups -OCH3 is 1. The summed E-state index contributed by atoms with van der Waals surface area (Å²) in [5.74, 6) is 0.895. The number of nitrogens with two attached hydrogens (primary N) is 1. The maximum Gasteiger partial charge on any atom is 0.128 e. The molecule has 2 rings (SSSR count). The zero-order valence-electron chi connectivity index (χ0n) is 11.6. The highest BCUT2D eigenvalue weighted by molar-refractivity contribution is 5.41. The van der Waals surface area contributed by atoms with Gasteiger partial charge in [0.05, 0.1) is 7.11 Å². The average Bonchev–Trinajstić information content (AvgIpc) is 2.43. The number of hydrogen-bond donors (Lipinski definition) is 1. The van der Waals surface area contributed by atoms with E-state index in [9.17, 15) is 0 Å². The van der Waals surface area contributed by atoms with Crippen molar-refractivity contribution in [1.82, 2.24) is 9.97 Å². The lowest BCUT2D eigenvalue weighted by Crippen LogP contribution is -2.15. The molecule has 0 radical (unpaired) electrons. The highest BCUT2D eigenvalue weighted by atomic mass is 16.5. The smallest absolute Gasteiger partial charge is 0.128 e. The van der Waals surface area contributed by atoms with Gasteiger partial charge in [-0.2, -0.15) is 0 Å². The van der Waals surface area contributed by atoms with Crippen LogP contribution >= 0.6 is 0 Å². The summed E-state index contributed by atoms with van der Waals surface area (Å²) < 4.78 is 5.41. The van der Waals surface area contributed by atoms with E-state index in [0.29, 0.717) is 6.42 Å². The Kier molecular flexibility index (Phi) is 4.12. The second-order valence-corrected chi connectivity index (χ2v) is 4.64. The van der Waals surface area contributed by atoms with Gasteiger partial charge < -0.3 is 10.5 Å². The molecule has 0 aromatic carbocycles. The highest BCUT2D eigenvalue weighted by Gasteiger charge is 2.13. The normalized spacial score (nSPS) is 12.2. The van der Waals surface area contributed by atoms with E-state index in [-0.39, 0.29) is 6.04 Å². The first-order valence-corrected chi connectivity index (χ1v) is 6.28. The van der Waals surface area contributed by atoms with Gasteiger partial charge in [-0.3, -0.25) is 9.97 Å². The van der Waals surface area contributed by atoms with Gasteiger partial charge in [0.2, 0.25) is 0 Å². The van der Waals surface area contributed by atoms with Crippen molar-refractivity contribution in [3.63, 3.8) is 0 Å². The molecule has 0 amide bonds. The molecule has 4 heteroatoms. The van der Waals surface area contributed by atoms with Gasteiger partial charge in [-0.1, -0.05) is 0 Å². The van der Waals surface area contributed by atoms with Crippen LogP contribution in [0.3, 0.4) is 0 Å². The van der Waals surface area contributed by atoms with Crippen LogP contribution in [-0.4, -0.2) is 17.1 Å². The molecule has 19 heavy (non-hydrogen) atoms. The van der Waals surface area contributed by atoms with E-state index < -0.39 is 0 Å². The van der Waals surface area contributed by atoms with Gasteiger partial charge in [0, 0.05) is 47.9 Å². The number of nitrogens with zero attached hydrogens (tertiary/aromatic N) is 2. The van der Waals surface area contributed by atoms with Gasteiger partial charge >= 0.3 is 0 Å². The van der Waals surface area contributed by atoms with E-state index in [2.05, 4.69) is 9.97 Å². The van der Waals surface area contributed by atoms with E-state index >= 15 is 0 Å². The van der Waals surface area contributed by atoms with Crippen LogP contribution in [0.1, 0.15) is 28.4 Å². The summed E-state index contributed by atoms with van der Waals surface area (Å²) in [5.41, 5.74) is 10.4. The third-order valence-corrected chi connectivity index (χ3v) is 3.30. The van der Waals surface area contributed by atoms with Crippen LogP contribution in [0.25, 0.3) is 0 Å². The first kappa shape index (κ1) is 13.5. The Balaban J connectivity index is 2.25. The Hall–Kier alpha value is -1.94. The third-order valence-electron chi connectivity index (χ3n) is 3.30. The predicted molar refractivity (Wildman–Crippen MR) is 75.1 cm³/mol. The van der Waals surface area contributed by atoms with Crippen LogP contribution in [0.5, 0.6) is 5.75 Å². The Morgan fingerprint density at radius 3 is 2.58 bits per heavy atom. The lowest BCUT2D eigenvalue weighted by atomic mass is 10.0. The summed E-state index contributed by atoms with van der Waals surface area (Å²) in [6.07, 6.45) is 6.03. The quantitative estimate of drug-likeness (QED) is 0.913. The Labute approximate surface area is 113 Å². The van der Waals surface area contributed by atoms with Gasteiger partial charge in [0.15, 0.2) is 0 Å². The topological polar surface area (TPSA) is 61.0 Å². The summed E-state index contributed by atoms with van der Waals surface area (Å²) >= 11 is 0. The van der Waals surface area contributed by atoms with Crippen molar-refractivity contribution in [3.05, 3.63) is 53.1 Å². The molecule has 0 saturated carbocycles. The van der Waals surface area contributed by atoms with Gasteiger partial charge in [0.25, 0.3) is 0 Å². The first-order valence-electron chi connectivity index (χ1n) is 6.28. The summed E-state index contributed by atoms with van der Waals surface area (Å²) in [7, 11) is 1.68. The molecule has 1 unspecified atom stereocenters. The second kappa shape index (κ2) is 5.80. The Bertz CT molecular complexity index is 555. The van der Waals surface area contributed by atoms with E-state index in [1.54, 1.807) is 19.5 Å². The van der Waals surface area contributed by atoms with Crippen molar-refractivity contribution >= 4 is 0 Å². The zero-order chi connectivity index (χ0) is 13.8. The molecule has 4 nitrogen and oxygen atoms in total. The van der Waals surface area contributed by atoms with Crippen LogP contribution in [0.15, 0.2) is 30.7 Å². The third kappa shape index (κ3) is 2.90. The van der Waals surface area contributed by atoms with E-state index in [1.807, 2.05) is 32.2 Å². The molecule has 2 aromatic rings. The fraction of sp³-hybridized carbons (Fsp3) is 0.333. The Morgan fingerprint density at radius 2 is 1.95 bits per heavy atom. The number of aryl methyl sites for hydroxylation is 1. The van der Waals surface area contributed by atoms with Crippen LogP contribution in [0.2, 0.25) is 0 Å². The number of pyridine rings is 2. The summed E-state index contributed by atoms with van der Waals surface area (Å²) in [4.78, 5) is 8.48. The Morgan fingerprint density at radius 1 is 1.26 bits per heavy atom. The van der Waals surface area contributed by atoms with Crippen molar-refractivity contribution in [2.24, 2.45) is 5.73 Å². The number of aromatic nitrogens is 2. The van der Waals surface area contributed by atoms with E-state index in [0.717, 1.165) is 28.1 Å². The fourth-order valence-corrected chi connectivity index (χ4v) is 2.21. The molecule has 0 aliphatic rings. The molecule has 0 fully saturated rings. The first-order chi connectivity index (χ1) is 9.13. The molecule has 0 spiro atoms. The molecular formula is C15H19N3O. The molecule has 0 aliphatic heterocycles. The molecule has 0 bridgehead atoms. The molecule has 2 aromatic heterocycles. The van der Waals surface area contributed by atoms with Crippen molar-refractivity contribution in [2.75, 3.05) is 7.11 Å². The van der Waals surface area contributed by atoms with Gasteiger partial charge in [-0.25, -0.2) is 0 Å². The summed E-state index contributed by atoms with van der Waals surface area (Å²) in [6.45, 7) is 4.01. The van der Waals surface area contributed by atoms with E-state index in [4.69, 9.17) is 10.5 Å². The molecule has 2 N–H and O–H groups in total. The largest absolute Gasteiger partial charge is 0.496 e. The van der Waals surface area contributed by atoms with Crippen molar-refractivity contribution in [1.29, 1.82) is 0 Å². The predicted octanol–water partition coefficient (Wildman–Crippen LogP) is 2.34. The van der Waals surface area contributed by atoms with Crippen LogP contribution in [0.4, 0.5) is 0 Å². The molecule has 1 atom stereocenters. The molecule has 0 aliphatic carbocycles. The van der Waals surface area contributed by atoms with E-state index in [1.165, 1.54) is 0 Å². The zero-order valence-corrected chi connectivity index (χ0v) is 11.6.